The summed E-state index contributed by atoms with van der Waals surface area (Å²) in [6.07, 6.45) is 11.0. The first kappa shape index (κ1) is 12.1. The van der Waals surface area contributed by atoms with Crippen molar-refractivity contribution in [3.63, 3.8) is 0 Å². The van der Waals surface area contributed by atoms with Crippen molar-refractivity contribution in [2.24, 2.45) is 5.41 Å². The minimum absolute atomic E-state index is 0.0546. The second-order valence-corrected chi connectivity index (χ2v) is 4.44. The quantitative estimate of drug-likeness (QED) is 0.534. The Morgan fingerprint density at radius 1 is 1.40 bits per heavy atom. The minimum Gasteiger partial charge on any atom is -0.481 e. The smallest absolute Gasteiger partial charge is 0.303 e. The molecule has 1 saturated carbocycles. The van der Waals surface area contributed by atoms with Crippen LogP contribution in [0.15, 0.2) is 0 Å². The van der Waals surface area contributed by atoms with Crippen LogP contribution in [-0.2, 0) is 4.79 Å². The molecule has 3 nitrogen and oxygen atoms in total. The second kappa shape index (κ2) is 5.77. The lowest BCUT2D eigenvalue weighted by molar-refractivity contribution is -0.140. The molecular weight excluding hydrogens is 190 g/mol. The van der Waals surface area contributed by atoms with Gasteiger partial charge in [-0.15, -0.1) is 6.42 Å². The number of nitrogens with one attached hydrogen (secondary N) is 1. The van der Waals surface area contributed by atoms with E-state index in [1.165, 1.54) is 6.42 Å². The molecule has 0 spiro atoms. The highest BCUT2D eigenvalue weighted by atomic mass is 16.4. The first-order valence-electron chi connectivity index (χ1n) is 5.54. The van der Waals surface area contributed by atoms with E-state index in [4.69, 9.17) is 11.5 Å². The van der Waals surface area contributed by atoms with Gasteiger partial charge in [-0.1, -0.05) is 25.2 Å². The van der Waals surface area contributed by atoms with Crippen molar-refractivity contribution in [3.05, 3.63) is 0 Å². The van der Waals surface area contributed by atoms with Gasteiger partial charge in [0.1, 0.15) is 0 Å². The van der Waals surface area contributed by atoms with Crippen LogP contribution in [0.25, 0.3) is 0 Å². The molecule has 15 heavy (non-hydrogen) atoms. The molecule has 0 aromatic carbocycles. The van der Waals surface area contributed by atoms with Crippen LogP contribution < -0.4 is 5.32 Å². The van der Waals surface area contributed by atoms with Crippen LogP contribution in [0, 0.1) is 17.8 Å². The van der Waals surface area contributed by atoms with Crippen molar-refractivity contribution in [1.29, 1.82) is 0 Å². The minimum atomic E-state index is -0.695. The Kier molecular flexibility index (Phi) is 4.64. The third-order valence-electron chi connectivity index (χ3n) is 3.17. The number of terminal acetylenes is 1. The molecule has 0 aromatic heterocycles. The van der Waals surface area contributed by atoms with E-state index < -0.39 is 5.97 Å². The van der Waals surface area contributed by atoms with E-state index in [0.717, 1.165) is 32.2 Å². The van der Waals surface area contributed by atoms with Gasteiger partial charge in [0.25, 0.3) is 0 Å². The lowest BCUT2D eigenvalue weighted by Crippen LogP contribution is -2.38. The van der Waals surface area contributed by atoms with Crippen molar-refractivity contribution in [1.82, 2.24) is 5.32 Å². The molecule has 0 bridgehead atoms. The first-order valence-corrected chi connectivity index (χ1v) is 5.54. The summed E-state index contributed by atoms with van der Waals surface area (Å²) >= 11 is 0. The number of rotatable bonds is 5. The van der Waals surface area contributed by atoms with Crippen LogP contribution in [0.3, 0.4) is 0 Å². The zero-order valence-electron chi connectivity index (χ0n) is 9.09. The zero-order chi connectivity index (χ0) is 11.1. The van der Waals surface area contributed by atoms with E-state index in [2.05, 4.69) is 11.2 Å². The average Bonchev–Trinajstić information content (AvgIpc) is 2.18. The van der Waals surface area contributed by atoms with Crippen LogP contribution in [0.1, 0.15) is 38.5 Å². The number of aliphatic carboxylic acids is 1. The molecule has 1 aliphatic carbocycles. The summed E-state index contributed by atoms with van der Waals surface area (Å²) in [4.78, 5) is 10.8. The highest BCUT2D eigenvalue weighted by Crippen LogP contribution is 2.38. The summed E-state index contributed by atoms with van der Waals surface area (Å²) in [5.74, 6) is 1.82. The number of hydrogen-bond donors (Lipinski definition) is 2. The summed E-state index contributed by atoms with van der Waals surface area (Å²) in [5.41, 5.74) is -0.0546. The van der Waals surface area contributed by atoms with Gasteiger partial charge in [0.05, 0.1) is 13.0 Å². The Hall–Kier alpha value is -1.01. The molecule has 84 valence electrons. The van der Waals surface area contributed by atoms with E-state index in [1.807, 2.05) is 0 Å². The van der Waals surface area contributed by atoms with Gasteiger partial charge in [-0.3, -0.25) is 4.79 Å². The fraction of sp³-hybridized carbons (Fsp3) is 0.750. The maximum Gasteiger partial charge on any atom is 0.303 e. The topological polar surface area (TPSA) is 49.3 Å². The van der Waals surface area contributed by atoms with Gasteiger partial charge in [0.15, 0.2) is 0 Å². The highest BCUT2D eigenvalue weighted by Gasteiger charge is 2.33. The summed E-state index contributed by atoms with van der Waals surface area (Å²) in [5, 5.41) is 12.1. The number of carboxylic acid groups (broad SMARTS) is 1. The molecule has 0 radical (unpaired) electrons. The van der Waals surface area contributed by atoms with Crippen LogP contribution in [0.2, 0.25) is 0 Å². The van der Waals surface area contributed by atoms with Crippen LogP contribution in [0.4, 0.5) is 0 Å². The van der Waals surface area contributed by atoms with Gasteiger partial charge in [-0.25, -0.2) is 0 Å². The van der Waals surface area contributed by atoms with E-state index in [1.54, 1.807) is 0 Å². The molecule has 1 fully saturated rings. The Balaban J connectivity index is 2.50. The Bertz CT molecular complexity index is 249. The Labute approximate surface area is 91.3 Å². The molecule has 0 heterocycles. The van der Waals surface area contributed by atoms with Crippen molar-refractivity contribution in [2.75, 3.05) is 13.1 Å². The van der Waals surface area contributed by atoms with Gasteiger partial charge in [-0.2, -0.15) is 0 Å². The fourth-order valence-electron chi connectivity index (χ4n) is 2.44. The summed E-state index contributed by atoms with van der Waals surface area (Å²) in [6, 6.07) is 0. The van der Waals surface area contributed by atoms with E-state index in [9.17, 15) is 4.79 Å². The standard InChI is InChI=1S/C12H19NO2/c1-2-8-13-10-12(9-11(14)15)6-4-3-5-7-12/h1,13H,3-10H2,(H,14,15). The molecule has 0 aliphatic heterocycles. The lowest BCUT2D eigenvalue weighted by Gasteiger charge is -2.36. The van der Waals surface area contributed by atoms with E-state index >= 15 is 0 Å². The average molecular weight is 209 g/mol. The normalized spacial score (nSPS) is 19.4. The zero-order valence-corrected chi connectivity index (χ0v) is 9.09. The van der Waals surface area contributed by atoms with Crippen LogP contribution >= 0.6 is 0 Å². The molecule has 0 atom stereocenters. The fourth-order valence-corrected chi connectivity index (χ4v) is 2.44. The van der Waals surface area contributed by atoms with Crippen molar-refractivity contribution in [3.8, 4) is 12.3 Å². The maximum atomic E-state index is 10.8. The molecule has 3 heteroatoms. The molecule has 2 N–H and O–H groups in total. The second-order valence-electron chi connectivity index (χ2n) is 4.44. The van der Waals surface area contributed by atoms with Gasteiger partial charge in [0.2, 0.25) is 0 Å². The summed E-state index contributed by atoms with van der Waals surface area (Å²) < 4.78 is 0. The van der Waals surface area contributed by atoms with Crippen LogP contribution in [-0.4, -0.2) is 24.2 Å². The highest BCUT2D eigenvalue weighted by molar-refractivity contribution is 5.67. The molecule has 0 amide bonds. The Morgan fingerprint density at radius 2 is 2.07 bits per heavy atom. The Morgan fingerprint density at radius 3 is 2.60 bits per heavy atom. The SMILES string of the molecule is C#CCNCC1(CC(=O)O)CCCCC1. The number of carboxylic acids is 1. The van der Waals surface area contributed by atoms with Gasteiger partial charge >= 0.3 is 5.97 Å². The molecule has 1 aliphatic rings. The van der Waals surface area contributed by atoms with Gasteiger partial charge < -0.3 is 10.4 Å². The third kappa shape index (κ3) is 3.93. The lowest BCUT2D eigenvalue weighted by atomic mass is 9.72. The molecular formula is C12H19NO2. The summed E-state index contributed by atoms with van der Waals surface area (Å²) in [6.45, 7) is 1.27. The monoisotopic (exact) mass is 209 g/mol. The van der Waals surface area contributed by atoms with Gasteiger partial charge in [0, 0.05) is 6.54 Å². The van der Waals surface area contributed by atoms with E-state index in [-0.39, 0.29) is 11.8 Å². The molecule has 1 rings (SSSR count). The van der Waals surface area contributed by atoms with Crippen molar-refractivity contribution < 1.29 is 9.90 Å². The van der Waals surface area contributed by atoms with Gasteiger partial charge in [-0.05, 0) is 18.3 Å². The predicted octanol–water partition coefficient (Wildman–Crippen LogP) is 1.63. The molecule has 0 aromatic rings. The summed E-state index contributed by atoms with van der Waals surface area (Å²) in [7, 11) is 0. The van der Waals surface area contributed by atoms with Crippen molar-refractivity contribution >= 4 is 5.97 Å². The van der Waals surface area contributed by atoms with E-state index in [0.29, 0.717) is 6.54 Å². The third-order valence-corrected chi connectivity index (χ3v) is 3.17. The predicted molar refractivity (Wildman–Crippen MR) is 59.5 cm³/mol. The maximum absolute atomic E-state index is 10.8. The number of hydrogen-bond acceptors (Lipinski definition) is 2. The first-order chi connectivity index (χ1) is 7.18. The van der Waals surface area contributed by atoms with Crippen LogP contribution in [0.5, 0.6) is 0 Å². The number of carbonyl (C=O) groups is 1. The molecule has 0 unspecified atom stereocenters. The van der Waals surface area contributed by atoms with Crippen molar-refractivity contribution in [2.45, 2.75) is 38.5 Å². The largest absolute Gasteiger partial charge is 0.481 e. The molecule has 0 saturated heterocycles.